The molecule has 1 amide bonds. The molecule has 112 valence electrons. The van der Waals surface area contributed by atoms with Gasteiger partial charge in [-0.25, -0.2) is 0 Å². The number of carbonyl (C=O) groups excluding carboxylic acids is 1. The van der Waals surface area contributed by atoms with Crippen LogP contribution in [-0.2, 0) is 14.3 Å². The van der Waals surface area contributed by atoms with Crippen LogP contribution in [0.1, 0.15) is 33.6 Å². The Labute approximate surface area is 116 Å². The zero-order valence-corrected chi connectivity index (χ0v) is 12.6. The molecule has 5 nitrogen and oxygen atoms in total. The van der Waals surface area contributed by atoms with Gasteiger partial charge in [0.25, 0.3) is 0 Å². The smallest absolute Gasteiger partial charge is 0.248 e. The monoisotopic (exact) mass is 272 g/mol. The molecule has 0 unspecified atom stereocenters. The summed E-state index contributed by atoms with van der Waals surface area (Å²) in [6, 6.07) is 0. The van der Waals surface area contributed by atoms with E-state index in [4.69, 9.17) is 9.47 Å². The molecular formula is C14H28N2O3. The van der Waals surface area contributed by atoms with Gasteiger partial charge in [-0.1, -0.05) is 0 Å². The second-order valence-corrected chi connectivity index (χ2v) is 5.39. The van der Waals surface area contributed by atoms with E-state index in [1.54, 1.807) is 14.0 Å². The molecule has 0 aromatic rings. The van der Waals surface area contributed by atoms with Gasteiger partial charge in [0.2, 0.25) is 5.91 Å². The summed E-state index contributed by atoms with van der Waals surface area (Å²) in [4.78, 5) is 13.9. The third-order valence-electron chi connectivity index (χ3n) is 3.42. The number of morpholine rings is 1. The molecule has 19 heavy (non-hydrogen) atoms. The summed E-state index contributed by atoms with van der Waals surface area (Å²) < 4.78 is 10.7. The third-order valence-corrected chi connectivity index (χ3v) is 3.42. The van der Waals surface area contributed by atoms with Crippen molar-refractivity contribution < 1.29 is 14.3 Å². The number of hydrogen-bond donors (Lipinski definition) is 1. The van der Waals surface area contributed by atoms with Crippen molar-refractivity contribution in [3.8, 4) is 0 Å². The molecule has 0 bridgehead atoms. The first kappa shape index (κ1) is 16.4. The molecular weight excluding hydrogens is 244 g/mol. The van der Waals surface area contributed by atoms with Crippen molar-refractivity contribution in [3.05, 3.63) is 0 Å². The first-order valence-electron chi connectivity index (χ1n) is 7.21. The van der Waals surface area contributed by atoms with Crippen LogP contribution < -0.4 is 5.32 Å². The number of carbonyl (C=O) groups is 1. The fourth-order valence-electron chi connectivity index (χ4n) is 2.39. The van der Waals surface area contributed by atoms with Crippen LogP contribution in [0.2, 0.25) is 0 Å². The van der Waals surface area contributed by atoms with Crippen LogP contribution in [0, 0.1) is 0 Å². The molecule has 0 aliphatic carbocycles. The molecule has 0 aromatic heterocycles. The second kappa shape index (κ2) is 8.51. The molecule has 1 aliphatic heterocycles. The van der Waals surface area contributed by atoms with E-state index >= 15 is 0 Å². The molecule has 0 radical (unpaired) electrons. The zero-order valence-electron chi connectivity index (χ0n) is 12.6. The fourth-order valence-corrected chi connectivity index (χ4v) is 2.39. The Morgan fingerprint density at radius 3 is 2.58 bits per heavy atom. The SMILES string of the molecule is CO[C@@H](C)C(=O)NCCCCN1C[C@@H](C)O[C@@H](C)C1. The van der Waals surface area contributed by atoms with Crippen molar-refractivity contribution >= 4 is 5.91 Å². The first-order chi connectivity index (χ1) is 9.02. The highest BCUT2D eigenvalue weighted by atomic mass is 16.5. The fraction of sp³-hybridized carbons (Fsp3) is 0.929. The van der Waals surface area contributed by atoms with Crippen molar-refractivity contribution in [1.82, 2.24) is 10.2 Å². The van der Waals surface area contributed by atoms with E-state index in [1.165, 1.54) is 0 Å². The molecule has 1 heterocycles. The number of nitrogens with one attached hydrogen (secondary N) is 1. The number of nitrogens with zero attached hydrogens (tertiary/aromatic N) is 1. The zero-order chi connectivity index (χ0) is 14.3. The van der Waals surface area contributed by atoms with Crippen LogP contribution in [0.5, 0.6) is 0 Å². The maximum atomic E-state index is 11.5. The van der Waals surface area contributed by atoms with Crippen molar-refractivity contribution in [1.29, 1.82) is 0 Å². The minimum atomic E-state index is -0.360. The van der Waals surface area contributed by atoms with Gasteiger partial charge < -0.3 is 14.8 Å². The largest absolute Gasteiger partial charge is 0.373 e. The molecule has 0 spiro atoms. The average Bonchev–Trinajstić information content (AvgIpc) is 2.36. The van der Waals surface area contributed by atoms with Crippen LogP contribution in [0.4, 0.5) is 0 Å². The van der Waals surface area contributed by atoms with E-state index in [0.717, 1.165) is 39.0 Å². The second-order valence-electron chi connectivity index (χ2n) is 5.39. The Bertz CT molecular complexity index is 263. The Hall–Kier alpha value is -0.650. The summed E-state index contributed by atoms with van der Waals surface area (Å²) in [6.45, 7) is 9.82. The number of methoxy groups -OCH3 is 1. The van der Waals surface area contributed by atoms with Gasteiger partial charge in [-0.05, 0) is 40.2 Å². The van der Waals surface area contributed by atoms with Crippen molar-refractivity contribution in [2.75, 3.05) is 33.3 Å². The lowest BCUT2D eigenvalue weighted by atomic mass is 10.2. The van der Waals surface area contributed by atoms with Gasteiger partial charge in [-0.15, -0.1) is 0 Å². The number of ether oxygens (including phenoxy) is 2. The summed E-state index contributed by atoms with van der Waals surface area (Å²) in [5, 5.41) is 2.88. The summed E-state index contributed by atoms with van der Waals surface area (Å²) in [6.07, 6.45) is 2.39. The predicted molar refractivity (Wildman–Crippen MR) is 75.2 cm³/mol. The number of rotatable bonds is 7. The number of amides is 1. The highest BCUT2D eigenvalue weighted by Gasteiger charge is 2.21. The number of unbranched alkanes of at least 4 members (excludes halogenated alkanes) is 1. The Morgan fingerprint density at radius 2 is 2.00 bits per heavy atom. The third kappa shape index (κ3) is 6.36. The Kier molecular flexibility index (Phi) is 7.34. The molecule has 1 fully saturated rings. The van der Waals surface area contributed by atoms with Gasteiger partial charge >= 0.3 is 0 Å². The predicted octanol–water partition coefficient (Wildman–Crippen LogP) is 1.03. The van der Waals surface area contributed by atoms with Gasteiger partial charge in [-0.2, -0.15) is 0 Å². The van der Waals surface area contributed by atoms with E-state index in [2.05, 4.69) is 24.1 Å². The van der Waals surface area contributed by atoms with E-state index in [1.807, 2.05) is 0 Å². The normalized spacial score (nSPS) is 26.1. The quantitative estimate of drug-likeness (QED) is 0.703. The van der Waals surface area contributed by atoms with Gasteiger partial charge in [0.05, 0.1) is 12.2 Å². The molecule has 1 saturated heterocycles. The standard InChI is InChI=1S/C14H28N2O3/c1-11-9-16(10-12(2)19-11)8-6-5-7-15-14(17)13(3)18-4/h11-13H,5-10H2,1-4H3,(H,15,17)/t11-,12+,13-/m0/s1. The summed E-state index contributed by atoms with van der Waals surface area (Å²) >= 11 is 0. The van der Waals surface area contributed by atoms with Crippen LogP contribution >= 0.6 is 0 Å². The van der Waals surface area contributed by atoms with Gasteiger partial charge in [0.15, 0.2) is 0 Å². The van der Waals surface area contributed by atoms with Gasteiger partial charge in [0.1, 0.15) is 6.10 Å². The van der Waals surface area contributed by atoms with E-state index in [9.17, 15) is 4.79 Å². The average molecular weight is 272 g/mol. The summed E-state index contributed by atoms with van der Waals surface area (Å²) in [5.74, 6) is -0.0314. The van der Waals surface area contributed by atoms with Gasteiger partial charge in [-0.3, -0.25) is 9.69 Å². The molecule has 5 heteroatoms. The highest BCUT2D eigenvalue weighted by molar-refractivity contribution is 5.80. The number of hydrogen-bond acceptors (Lipinski definition) is 4. The highest BCUT2D eigenvalue weighted by Crippen LogP contribution is 2.11. The summed E-state index contributed by atoms with van der Waals surface area (Å²) in [7, 11) is 1.55. The Balaban J connectivity index is 2.06. The lowest BCUT2D eigenvalue weighted by molar-refractivity contribution is -0.130. The lowest BCUT2D eigenvalue weighted by Gasteiger charge is -2.35. The topological polar surface area (TPSA) is 50.8 Å². The lowest BCUT2D eigenvalue weighted by Crippen LogP contribution is -2.45. The first-order valence-corrected chi connectivity index (χ1v) is 7.21. The van der Waals surface area contributed by atoms with Crippen LogP contribution in [-0.4, -0.2) is 62.4 Å². The molecule has 0 aromatic carbocycles. The van der Waals surface area contributed by atoms with E-state index in [0.29, 0.717) is 12.2 Å². The van der Waals surface area contributed by atoms with Crippen LogP contribution in [0.15, 0.2) is 0 Å². The molecule has 1 N–H and O–H groups in total. The van der Waals surface area contributed by atoms with Gasteiger partial charge in [0, 0.05) is 26.7 Å². The molecule has 3 atom stereocenters. The molecule has 0 saturated carbocycles. The molecule has 1 aliphatic rings. The Morgan fingerprint density at radius 1 is 1.37 bits per heavy atom. The minimum Gasteiger partial charge on any atom is -0.373 e. The van der Waals surface area contributed by atoms with Crippen molar-refractivity contribution in [2.24, 2.45) is 0 Å². The molecule has 1 rings (SSSR count). The van der Waals surface area contributed by atoms with Crippen LogP contribution in [0.25, 0.3) is 0 Å². The van der Waals surface area contributed by atoms with Crippen molar-refractivity contribution in [2.45, 2.75) is 51.9 Å². The maximum Gasteiger partial charge on any atom is 0.248 e. The maximum absolute atomic E-state index is 11.5. The van der Waals surface area contributed by atoms with Crippen LogP contribution in [0.3, 0.4) is 0 Å². The van der Waals surface area contributed by atoms with Crippen molar-refractivity contribution in [3.63, 3.8) is 0 Å². The van der Waals surface area contributed by atoms with E-state index < -0.39 is 0 Å². The minimum absolute atomic E-state index is 0.0314. The van der Waals surface area contributed by atoms with E-state index in [-0.39, 0.29) is 12.0 Å². The summed E-state index contributed by atoms with van der Waals surface area (Å²) in [5.41, 5.74) is 0.